The molecule has 1 heterocycles. The van der Waals surface area contributed by atoms with E-state index >= 15 is 0 Å². The number of aliphatic carboxylic acids is 1. The highest BCUT2D eigenvalue weighted by Crippen LogP contribution is 2.23. The molecule has 0 aromatic rings. The summed E-state index contributed by atoms with van der Waals surface area (Å²) in [6.45, 7) is 2.25. The van der Waals surface area contributed by atoms with Gasteiger partial charge in [0, 0.05) is 19.0 Å². The van der Waals surface area contributed by atoms with Gasteiger partial charge in [0.1, 0.15) is 6.54 Å². The first kappa shape index (κ1) is 13.3. The minimum atomic E-state index is -0.857. The predicted octanol–water partition coefficient (Wildman–Crippen LogP) is -0.478. The predicted molar refractivity (Wildman–Crippen MR) is 57.3 cm³/mol. The minimum Gasteiger partial charge on any atom is -0.481 e. The van der Waals surface area contributed by atoms with Gasteiger partial charge in [-0.3, -0.25) is 9.59 Å². The molecule has 17 heavy (non-hydrogen) atoms. The average Bonchev–Trinajstić information content (AvgIpc) is 2.23. The van der Waals surface area contributed by atoms with Crippen LogP contribution in [0.3, 0.4) is 0 Å². The molecule has 0 aliphatic carbocycles. The van der Waals surface area contributed by atoms with Crippen molar-refractivity contribution < 1.29 is 24.2 Å². The van der Waals surface area contributed by atoms with Gasteiger partial charge in [-0.15, -0.1) is 0 Å². The van der Waals surface area contributed by atoms with Gasteiger partial charge in [0.15, 0.2) is 0 Å². The van der Waals surface area contributed by atoms with Crippen molar-refractivity contribution in [3.63, 3.8) is 0 Å². The van der Waals surface area contributed by atoms with Crippen molar-refractivity contribution in [2.24, 2.45) is 11.8 Å². The monoisotopic (exact) mass is 244 g/mol. The van der Waals surface area contributed by atoms with E-state index in [0.29, 0.717) is 13.1 Å². The van der Waals surface area contributed by atoms with E-state index in [-0.39, 0.29) is 18.5 Å². The lowest BCUT2D eigenvalue weighted by molar-refractivity contribution is -0.144. The van der Waals surface area contributed by atoms with Crippen molar-refractivity contribution in [3.05, 3.63) is 0 Å². The molecule has 2 amide bonds. The lowest BCUT2D eigenvalue weighted by Gasteiger charge is -2.40. The summed E-state index contributed by atoms with van der Waals surface area (Å²) in [7, 11) is 1.24. The highest BCUT2D eigenvalue weighted by molar-refractivity contribution is 5.81. The lowest BCUT2D eigenvalue weighted by Crippen LogP contribution is -2.57. The van der Waals surface area contributed by atoms with E-state index in [1.54, 1.807) is 6.92 Å². The fraction of sp³-hybridized carbons (Fsp3) is 0.700. The standard InChI is InChI=1S/C10H16N2O5/c1-6(9(14)15)7-4-12(5-7)10(16)11-3-8(13)17-2/h6-7H,3-5H2,1-2H3,(H,11,16)(H,14,15). The number of ether oxygens (including phenoxy) is 1. The molecular formula is C10H16N2O5. The van der Waals surface area contributed by atoms with Crippen LogP contribution in [0, 0.1) is 11.8 Å². The third-order valence-corrected chi connectivity index (χ3v) is 2.91. The minimum absolute atomic E-state index is 0.0172. The maximum atomic E-state index is 11.4. The van der Waals surface area contributed by atoms with Crippen LogP contribution in [-0.4, -0.2) is 54.7 Å². The molecule has 0 radical (unpaired) electrons. The molecule has 1 fully saturated rings. The molecule has 0 spiro atoms. The number of carboxylic acid groups (broad SMARTS) is 1. The second-order valence-electron chi connectivity index (χ2n) is 4.03. The summed E-state index contributed by atoms with van der Waals surface area (Å²) >= 11 is 0. The number of likely N-dealkylation sites (tertiary alicyclic amines) is 1. The zero-order chi connectivity index (χ0) is 13.0. The third kappa shape index (κ3) is 3.33. The number of methoxy groups -OCH3 is 1. The summed E-state index contributed by atoms with van der Waals surface area (Å²) in [6.07, 6.45) is 0. The maximum absolute atomic E-state index is 11.4. The van der Waals surface area contributed by atoms with Gasteiger partial charge in [-0.1, -0.05) is 6.92 Å². The number of nitrogens with zero attached hydrogens (tertiary/aromatic N) is 1. The largest absolute Gasteiger partial charge is 0.481 e. The molecule has 1 saturated heterocycles. The van der Waals surface area contributed by atoms with Gasteiger partial charge in [0.05, 0.1) is 13.0 Å². The summed E-state index contributed by atoms with van der Waals surface area (Å²) in [5, 5.41) is 11.2. The van der Waals surface area contributed by atoms with E-state index < -0.39 is 17.9 Å². The zero-order valence-corrected chi connectivity index (χ0v) is 9.80. The molecule has 7 nitrogen and oxygen atoms in total. The number of carbonyl (C=O) groups excluding carboxylic acids is 2. The van der Waals surface area contributed by atoms with E-state index in [1.807, 2.05) is 0 Å². The van der Waals surface area contributed by atoms with Gasteiger partial charge >= 0.3 is 18.0 Å². The average molecular weight is 244 g/mol. The summed E-state index contributed by atoms with van der Waals surface area (Å²) < 4.78 is 4.37. The second kappa shape index (κ2) is 5.51. The van der Waals surface area contributed by atoms with Gasteiger partial charge in [0.2, 0.25) is 0 Å². The SMILES string of the molecule is COC(=O)CNC(=O)N1CC(C(C)C(=O)O)C1. The summed E-state index contributed by atoms with van der Waals surface area (Å²) in [4.78, 5) is 34.4. The first-order valence-electron chi connectivity index (χ1n) is 5.28. The van der Waals surface area contributed by atoms with Crippen molar-refractivity contribution in [2.75, 3.05) is 26.7 Å². The van der Waals surface area contributed by atoms with Crippen LogP contribution in [0.2, 0.25) is 0 Å². The van der Waals surface area contributed by atoms with Gasteiger partial charge in [0.25, 0.3) is 0 Å². The fourth-order valence-corrected chi connectivity index (χ4v) is 1.53. The first-order valence-corrected chi connectivity index (χ1v) is 5.28. The summed E-state index contributed by atoms with van der Waals surface area (Å²) in [5.41, 5.74) is 0. The van der Waals surface area contributed by atoms with E-state index in [0.717, 1.165) is 0 Å². The Morgan fingerprint density at radius 2 is 2.06 bits per heavy atom. The van der Waals surface area contributed by atoms with Crippen LogP contribution < -0.4 is 5.32 Å². The molecule has 96 valence electrons. The molecule has 0 aromatic carbocycles. The van der Waals surface area contributed by atoms with Gasteiger partial charge in [-0.25, -0.2) is 4.79 Å². The summed E-state index contributed by atoms with van der Waals surface area (Å²) in [6, 6.07) is -0.371. The van der Waals surface area contributed by atoms with Crippen LogP contribution in [0.25, 0.3) is 0 Å². The number of esters is 1. The number of urea groups is 1. The molecule has 1 aliphatic rings. The summed E-state index contributed by atoms with van der Waals surface area (Å²) in [5.74, 6) is -1.85. The number of hydrogen-bond donors (Lipinski definition) is 2. The van der Waals surface area contributed by atoms with Crippen molar-refractivity contribution in [2.45, 2.75) is 6.92 Å². The van der Waals surface area contributed by atoms with E-state index in [2.05, 4.69) is 10.1 Å². The van der Waals surface area contributed by atoms with Crippen LogP contribution in [0.1, 0.15) is 6.92 Å². The van der Waals surface area contributed by atoms with Crippen molar-refractivity contribution in [1.82, 2.24) is 10.2 Å². The van der Waals surface area contributed by atoms with Crippen LogP contribution in [0.15, 0.2) is 0 Å². The number of rotatable bonds is 4. The molecular weight excluding hydrogens is 228 g/mol. The Kier molecular flexibility index (Phi) is 4.30. The molecule has 1 unspecified atom stereocenters. The molecule has 1 atom stereocenters. The molecule has 0 aromatic heterocycles. The van der Waals surface area contributed by atoms with Crippen molar-refractivity contribution in [1.29, 1.82) is 0 Å². The fourth-order valence-electron chi connectivity index (χ4n) is 1.53. The molecule has 2 N–H and O–H groups in total. The first-order chi connectivity index (χ1) is 7.95. The van der Waals surface area contributed by atoms with Crippen LogP contribution in [0.4, 0.5) is 4.79 Å². The van der Waals surface area contributed by atoms with Crippen molar-refractivity contribution in [3.8, 4) is 0 Å². The van der Waals surface area contributed by atoms with Crippen LogP contribution in [0.5, 0.6) is 0 Å². The van der Waals surface area contributed by atoms with E-state index in [4.69, 9.17) is 5.11 Å². The number of hydrogen-bond acceptors (Lipinski definition) is 4. The number of amides is 2. The Bertz CT molecular complexity index is 325. The topological polar surface area (TPSA) is 95.9 Å². The van der Waals surface area contributed by atoms with E-state index in [9.17, 15) is 14.4 Å². The molecule has 0 bridgehead atoms. The Balaban J connectivity index is 2.25. The van der Waals surface area contributed by atoms with Crippen molar-refractivity contribution >= 4 is 18.0 Å². The van der Waals surface area contributed by atoms with Gasteiger partial charge in [-0.2, -0.15) is 0 Å². The van der Waals surface area contributed by atoms with Gasteiger partial charge in [-0.05, 0) is 0 Å². The highest BCUT2D eigenvalue weighted by Gasteiger charge is 2.37. The Morgan fingerprint density at radius 3 is 2.53 bits per heavy atom. The smallest absolute Gasteiger partial charge is 0.325 e. The van der Waals surface area contributed by atoms with Crippen LogP contribution in [-0.2, 0) is 14.3 Å². The molecule has 1 aliphatic heterocycles. The lowest BCUT2D eigenvalue weighted by atomic mass is 9.87. The van der Waals surface area contributed by atoms with Crippen LogP contribution >= 0.6 is 0 Å². The number of nitrogens with one attached hydrogen (secondary N) is 1. The Morgan fingerprint density at radius 1 is 1.47 bits per heavy atom. The normalized spacial score (nSPS) is 16.9. The zero-order valence-electron chi connectivity index (χ0n) is 9.80. The van der Waals surface area contributed by atoms with E-state index in [1.165, 1.54) is 12.0 Å². The maximum Gasteiger partial charge on any atom is 0.325 e. The second-order valence-corrected chi connectivity index (χ2v) is 4.03. The Hall–Kier alpha value is -1.79. The number of carboxylic acids is 1. The molecule has 1 rings (SSSR count). The Labute approximate surface area is 98.7 Å². The van der Waals surface area contributed by atoms with Gasteiger partial charge < -0.3 is 20.1 Å². The highest BCUT2D eigenvalue weighted by atomic mass is 16.5. The molecule has 0 saturated carbocycles. The third-order valence-electron chi connectivity index (χ3n) is 2.91. The quantitative estimate of drug-likeness (QED) is 0.651. The molecule has 7 heteroatoms. The number of carbonyl (C=O) groups is 3.